The van der Waals surface area contributed by atoms with Crippen LogP contribution in [0.3, 0.4) is 0 Å². The molecule has 0 atom stereocenters. The molecule has 1 fully saturated rings. The molecule has 6 nitrogen and oxygen atoms in total. The highest BCUT2D eigenvalue weighted by atomic mass is 16.5. The molecule has 0 aliphatic carbocycles. The normalized spacial score (nSPS) is 17.7. The van der Waals surface area contributed by atoms with Crippen LogP contribution in [-0.2, 0) is 16.1 Å². The van der Waals surface area contributed by atoms with E-state index in [2.05, 4.69) is 10.1 Å². The second-order valence-electron chi connectivity index (χ2n) is 4.92. The fourth-order valence-electron chi connectivity index (χ4n) is 2.26. The van der Waals surface area contributed by atoms with E-state index in [0.29, 0.717) is 6.61 Å². The Kier molecular flexibility index (Phi) is 4.93. The SMILES string of the molecule is Cc1cc(CN2CCC(OCCC(=O)O)CC2)on1. The number of carboxylic acids is 1. The average molecular weight is 268 g/mol. The predicted molar refractivity (Wildman–Crippen MR) is 67.7 cm³/mol. The van der Waals surface area contributed by atoms with Crippen molar-refractivity contribution in [3.63, 3.8) is 0 Å². The monoisotopic (exact) mass is 268 g/mol. The van der Waals surface area contributed by atoms with Gasteiger partial charge in [0.15, 0.2) is 5.76 Å². The molecule has 1 aliphatic heterocycles. The third-order valence-corrected chi connectivity index (χ3v) is 3.26. The van der Waals surface area contributed by atoms with Gasteiger partial charge in [0.1, 0.15) is 0 Å². The zero-order chi connectivity index (χ0) is 13.7. The summed E-state index contributed by atoms with van der Waals surface area (Å²) in [4.78, 5) is 12.7. The number of ether oxygens (including phenoxy) is 1. The van der Waals surface area contributed by atoms with E-state index in [1.165, 1.54) is 0 Å². The van der Waals surface area contributed by atoms with Crippen molar-refractivity contribution >= 4 is 5.97 Å². The molecule has 2 heterocycles. The van der Waals surface area contributed by atoms with Gasteiger partial charge in [-0.1, -0.05) is 5.16 Å². The predicted octanol–water partition coefficient (Wildman–Crippen LogP) is 1.44. The first kappa shape index (κ1) is 14.0. The number of aromatic nitrogens is 1. The summed E-state index contributed by atoms with van der Waals surface area (Å²) in [5.41, 5.74) is 0.905. The van der Waals surface area contributed by atoms with Gasteiger partial charge in [0.25, 0.3) is 0 Å². The quantitative estimate of drug-likeness (QED) is 0.841. The summed E-state index contributed by atoms with van der Waals surface area (Å²) in [7, 11) is 0. The molecule has 106 valence electrons. The van der Waals surface area contributed by atoms with Gasteiger partial charge in [0.2, 0.25) is 0 Å². The van der Waals surface area contributed by atoms with Crippen molar-refractivity contribution in [2.24, 2.45) is 0 Å². The standard InChI is InChI=1S/C13H20N2O4/c1-10-8-12(19-14-10)9-15-5-2-11(3-6-15)18-7-4-13(16)17/h8,11H,2-7,9H2,1H3,(H,16,17). The molecule has 6 heteroatoms. The first-order valence-corrected chi connectivity index (χ1v) is 6.61. The molecule has 2 rings (SSSR count). The van der Waals surface area contributed by atoms with Gasteiger partial charge in [-0.15, -0.1) is 0 Å². The van der Waals surface area contributed by atoms with E-state index in [-0.39, 0.29) is 12.5 Å². The molecule has 1 aliphatic rings. The topological polar surface area (TPSA) is 75.8 Å². The van der Waals surface area contributed by atoms with Gasteiger partial charge in [-0.2, -0.15) is 0 Å². The van der Waals surface area contributed by atoms with E-state index >= 15 is 0 Å². The summed E-state index contributed by atoms with van der Waals surface area (Å²) in [6, 6.07) is 1.95. The van der Waals surface area contributed by atoms with Crippen molar-refractivity contribution in [3.05, 3.63) is 17.5 Å². The first-order chi connectivity index (χ1) is 9.13. The highest BCUT2D eigenvalue weighted by Gasteiger charge is 2.20. The van der Waals surface area contributed by atoms with E-state index in [1.807, 2.05) is 13.0 Å². The highest BCUT2D eigenvalue weighted by molar-refractivity contribution is 5.66. The summed E-state index contributed by atoms with van der Waals surface area (Å²) < 4.78 is 10.8. The summed E-state index contributed by atoms with van der Waals surface area (Å²) >= 11 is 0. The van der Waals surface area contributed by atoms with Crippen molar-refractivity contribution in [1.82, 2.24) is 10.1 Å². The molecule has 0 unspecified atom stereocenters. The first-order valence-electron chi connectivity index (χ1n) is 6.61. The maximum absolute atomic E-state index is 10.4. The summed E-state index contributed by atoms with van der Waals surface area (Å²) in [5, 5.41) is 12.4. The number of carboxylic acid groups (broad SMARTS) is 1. The number of rotatable bonds is 6. The molecule has 0 bridgehead atoms. The number of piperidine rings is 1. The van der Waals surface area contributed by atoms with E-state index < -0.39 is 5.97 Å². The number of hydrogen-bond acceptors (Lipinski definition) is 5. The molecule has 0 aromatic carbocycles. The van der Waals surface area contributed by atoms with Crippen molar-refractivity contribution in [1.29, 1.82) is 0 Å². The maximum Gasteiger partial charge on any atom is 0.305 e. The lowest BCUT2D eigenvalue weighted by atomic mass is 10.1. The molecule has 0 amide bonds. The van der Waals surface area contributed by atoms with Gasteiger partial charge in [-0.25, -0.2) is 0 Å². The van der Waals surface area contributed by atoms with Crippen molar-refractivity contribution in [2.45, 2.75) is 38.8 Å². The Hall–Kier alpha value is -1.40. The highest BCUT2D eigenvalue weighted by Crippen LogP contribution is 2.16. The van der Waals surface area contributed by atoms with Crippen molar-refractivity contribution in [3.8, 4) is 0 Å². The molecular weight excluding hydrogens is 248 g/mol. The zero-order valence-corrected chi connectivity index (χ0v) is 11.2. The minimum absolute atomic E-state index is 0.0809. The third kappa shape index (κ3) is 4.65. The van der Waals surface area contributed by atoms with Gasteiger partial charge >= 0.3 is 5.97 Å². The smallest absolute Gasteiger partial charge is 0.305 e. The number of aryl methyl sites for hydroxylation is 1. The van der Waals surface area contributed by atoms with Crippen molar-refractivity contribution in [2.75, 3.05) is 19.7 Å². The number of hydrogen-bond donors (Lipinski definition) is 1. The molecule has 1 N–H and O–H groups in total. The van der Waals surface area contributed by atoms with Crippen LogP contribution in [0.1, 0.15) is 30.7 Å². The molecule has 1 aromatic heterocycles. The van der Waals surface area contributed by atoms with Gasteiger partial charge in [0.05, 0.1) is 31.4 Å². The molecule has 1 saturated heterocycles. The van der Waals surface area contributed by atoms with Crippen LogP contribution < -0.4 is 0 Å². The largest absolute Gasteiger partial charge is 0.481 e. The minimum Gasteiger partial charge on any atom is -0.481 e. The van der Waals surface area contributed by atoms with Crippen LogP contribution >= 0.6 is 0 Å². The fourth-order valence-corrected chi connectivity index (χ4v) is 2.26. The van der Waals surface area contributed by atoms with E-state index in [9.17, 15) is 4.79 Å². The van der Waals surface area contributed by atoms with Crippen LogP contribution in [-0.4, -0.2) is 46.9 Å². The van der Waals surface area contributed by atoms with Crippen LogP contribution in [0.5, 0.6) is 0 Å². The van der Waals surface area contributed by atoms with Crippen LogP contribution in [0.15, 0.2) is 10.6 Å². The molecule has 0 saturated carbocycles. The average Bonchev–Trinajstić information content (AvgIpc) is 2.77. The molecule has 0 radical (unpaired) electrons. The Morgan fingerprint density at radius 2 is 2.32 bits per heavy atom. The molecule has 0 spiro atoms. The number of aliphatic carboxylic acids is 1. The summed E-state index contributed by atoms with van der Waals surface area (Å²) in [6.45, 7) is 4.88. The van der Waals surface area contributed by atoms with Crippen molar-refractivity contribution < 1.29 is 19.2 Å². The van der Waals surface area contributed by atoms with Gasteiger partial charge in [-0.3, -0.25) is 9.69 Å². The van der Waals surface area contributed by atoms with Gasteiger partial charge in [0, 0.05) is 19.2 Å². The number of likely N-dealkylation sites (tertiary alicyclic amines) is 1. The lowest BCUT2D eigenvalue weighted by Gasteiger charge is -2.31. The second kappa shape index (κ2) is 6.68. The second-order valence-corrected chi connectivity index (χ2v) is 4.92. The Bertz CT molecular complexity index is 411. The van der Waals surface area contributed by atoms with Crippen LogP contribution in [0.25, 0.3) is 0 Å². The van der Waals surface area contributed by atoms with Crippen LogP contribution in [0.2, 0.25) is 0 Å². The van der Waals surface area contributed by atoms with Crippen LogP contribution in [0, 0.1) is 6.92 Å². The van der Waals surface area contributed by atoms with Crippen LogP contribution in [0.4, 0.5) is 0 Å². The molecule has 19 heavy (non-hydrogen) atoms. The lowest BCUT2D eigenvalue weighted by Crippen LogP contribution is -2.36. The summed E-state index contributed by atoms with van der Waals surface area (Å²) in [5.74, 6) is 0.0841. The Morgan fingerprint density at radius 3 is 2.89 bits per heavy atom. The maximum atomic E-state index is 10.4. The minimum atomic E-state index is -0.807. The fraction of sp³-hybridized carbons (Fsp3) is 0.692. The van der Waals surface area contributed by atoms with Gasteiger partial charge < -0.3 is 14.4 Å². The van der Waals surface area contributed by atoms with E-state index in [0.717, 1.165) is 43.9 Å². The summed E-state index contributed by atoms with van der Waals surface area (Å²) in [6.07, 6.45) is 2.14. The lowest BCUT2D eigenvalue weighted by molar-refractivity contribution is -0.138. The van der Waals surface area contributed by atoms with E-state index in [1.54, 1.807) is 0 Å². The van der Waals surface area contributed by atoms with E-state index in [4.69, 9.17) is 14.4 Å². The number of nitrogens with zero attached hydrogens (tertiary/aromatic N) is 2. The third-order valence-electron chi connectivity index (χ3n) is 3.26. The number of carbonyl (C=O) groups is 1. The zero-order valence-electron chi connectivity index (χ0n) is 11.2. The molecule has 1 aromatic rings. The Labute approximate surface area is 112 Å². The van der Waals surface area contributed by atoms with Gasteiger partial charge in [-0.05, 0) is 19.8 Å². The molecular formula is C13H20N2O4. The Balaban J connectivity index is 1.66. The Morgan fingerprint density at radius 1 is 1.58 bits per heavy atom.